The van der Waals surface area contributed by atoms with Crippen molar-refractivity contribution in [2.45, 2.75) is 25.9 Å². The molecule has 0 aliphatic carbocycles. The summed E-state index contributed by atoms with van der Waals surface area (Å²) >= 11 is 0. The number of aliphatic hydroxyl groups is 1. The van der Waals surface area contributed by atoms with E-state index in [1.165, 1.54) is 0 Å². The summed E-state index contributed by atoms with van der Waals surface area (Å²) in [5, 5.41) is 9.68. The van der Waals surface area contributed by atoms with E-state index in [-0.39, 0.29) is 11.5 Å². The molecular weight excluding hydrogens is 195 g/mol. The maximum atomic E-state index is 12.6. The topological polar surface area (TPSA) is 37.3 Å². The van der Waals surface area contributed by atoms with E-state index in [0.29, 0.717) is 0 Å². The van der Waals surface area contributed by atoms with Gasteiger partial charge in [-0.05, 0) is 0 Å². The van der Waals surface area contributed by atoms with E-state index in [1.54, 1.807) is 0 Å². The Balaban J connectivity index is 3.23. The van der Waals surface area contributed by atoms with Crippen molar-refractivity contribution < 1.29 is 9.67 Å². The molecule has 0 spiro atoms. The van der Waals surface area contributed by atoms with Crippen molar-refractivity contribution in [3.63, 3.8) is 0 Å². The van der Waals surface area contributed by atoms with Crippen LogP contribution in [0.25, 0.3) is 0 Å². The number of aliphatic hydroxyl groups excluding tert-OH is 1. The summed E-state index contributed by atoms with van der Waals surface area (Å²) in [4.78, 5) is 0. The Morgan fingerprint density at radius 1 is 1.21 bits per heavy atom. The summed E-state index contributed by atoms with van der Waals surface area (Å²) in [5.41, 5.74) is 0. The molecule has 0 bridgehead atoms. The third-order valence-electron chi connectivity index (χ3n) is 2.46. The van der Waals surface area contributed by atoms with Crippen molar-refractivity contribution >= 4 is 12.4 Å². The van der Waals surface area contributed by atoms with Crippen LogP contribution in [0.3, 0.4) is 0 Å². The van der Waals surface area contributed by atoms with Gasteiger partial charge in [-0.1, -0.05) is 51.1 Å². The molecule has 1 rings (SSSR count). The van der Waals surface area contributed by atoms with Gasteiger partial charge in [-0.15, -0.1) is 0 Å². The lowest BCUT2D eigenvalue weighted by atomic mass is 10.3. The van der Waals surface area contributed by atoms with Crippen molar-refractivity contribution in [1.82, 2.24) is 0 Å². The van der Waals surface area contributed by atoms with Crippen LogP contribution in [-0.2, 0) is 4.57 Å². The summed E-state index contributed by atoms with van der Waals surface area (Å²) in [6.45, 7) is 5.70. The summed E-state index contributed by atoms with van der Waals surface area (Å²) in [6.07, 6.45) is -0.263. The monoisotopic (exact) mass is 212 g/mol. The summed E-state index contributed by atoms with van der Waals surface area (Å²) in [6, 6.07) is 9.23. The van der Waals surface area contributed by atoms with Crippen molar-refractivity contribution in [1.29, 1.82) is 0 Å². The Kier molecular flexibility index (Phi) is 3.18. The second-order valence-electron chi connectivity index (χ2n) is 4.39. The Morgan fingerprint density at radius 3 is 2.07 bits per heavy atom. The fraction of sp³-hybridized carbons (Fsp3) is 0.455. The fourth-order valence-corrected chi connectivity index (χ4v) is 3.37. The molecule has 1 N–H and O–H groups in total. The minimum atomic E-state index is -2.68. The van der Waals surface area contributed by atoms with Gasteiger partial charge in [0.05, 0.1) is 0 Å². The van der Waals surface area contributed by atoms with E-state index in [9.17, 15) is 9.67 Å². The SMILES string of the molecule is CC(C)(C)[P@](=O)(CO)c1ccccc1. The van der Waals surface area contributed by atoms with Crippen molar-refractivity contribution in [3.8, 4) is 0 Å². The molecule has 0 aliphatic heterocycles. The molecule has 78 valence electrons. The molecule has 0 unspecified atom stereocenters. The quantitative estimate of drug-likeness (QED) is 0.764. The molecule has 0 saturated carbocycles. The van der Waals surface area contributed by atoms with E-state index in [4.69, 9.17) is 0 Å². The molecule has 0 radical (unpaired) electrons. The van der Waals surface area contributed by atoms with Gasteiger partial charge in [0.2, 0.25) is 0 Å². The van der Waals surface area contributed by atoms with Crippen LogP contribution in [0.2, 0.25) is 0 Å². The number of benzene rings is 1. The Labute approximate surface area is 85.3 Å². The number of hydrogen-bond acceptors (Lipinski definition) is 2. The number of rotatable bonds is 2. The van der Waals surface area contributed by atoms with Gasteiger partial charge in [-0.2, -0.15) is 0 Å². The van der Waals surface area contributed by atoms with Crippen LogP contribution in [0.1, 0.15) is 20.8 Å². The first-order valence-electron chi connectivity index (χ1n) is 4.67. The molecule has 0 saturated heterocycles. The molecule has 1 atom stereocenters. The molecule has 0 fully saturated rings. The lowest BCUT2D eigenvalue weighted by Gasteiger charge is -2.29. The molecular formula is C11H17O2P. The van der Waals surface area contributed by atoms with Crippen LogP contribution in [0.5, 0.6) is 0 Å². The minimum absolute atomic E-state index is 0.263. The first-order chi connectivity index (χ1) is 6.42. The van der Waals surface area contributed by atoms with Gasteiger partial charge in [0.25, 0.3) is 0 Å². The van der Waals surface area contributed by atoms with Crippen LogP contribution >= 0.6 is 7.14 Å². The van der Waals surface area contributed by atoms with E-state index >= 15 is 0 Å². The lowest BCUT2D eigenvalue weighted by Crippen LogP contribution is -2.25. The smallest absolute Gasteiger partial charge is 0.144 e. The molecule has 0 amide bonds. The average Bonchev–Trinajstić information content (AvgIpc) is 2.16. The van der Waals surface area contributed by atoms with Crippen LogP contribution in [-0.4, -0.2) is 16.6 Å². The normalized spacial score (nSPS) is 16.3. The van der Waals surface area contributed by atoms with Crippen LogP contribution < -0.4 is 5.30 Å². The van der Waals surface area contributed by atoms with Gasteiger partial charge in [0, 0.05) is 10.5 Å². The van der Waals surface area contributed by atoms with Gasteiger partial charge in [0.15, 0.2) is 0 Å². The molecule has 2 nitrogen and oxygen atoms in total. The van der Waals surface area contributed by atoms with Gasteiger partial charge in [-0.25, -0.2) is 0 Å². The lowest BCUT2D eigenvalue weighted by molar-refractivity contribution is 0.354. The van der Waals surface area contributed by atoms with E-state index in [1.807, 2.05) is 51.1 Å². The Bertz CT molecular complexity index is 338. The van der Waals surface area contributed by atoms with Gasteiger partial charge < -0.3 is 9.67 Å². The average molecular weight is 212 g/mol. The third kappa shape index (κ3) is 1.92. The Hall–Kier alpha value is -0.590. The highest BCUT2D eigenvalue weighted by atomic mass is 31.2. The van der Waals surface area contributed by atoms with Crippen LogP contribution in [0, 0.1) is 0 Å². The molecule has 0 heterocycles. The predicted octanol–water partition coefficient (Wildman–Crippen LogP) is 2.42. The van der Waals surface area contributed by atoms with Gasteiger partial charge in [-0.3, -0.25) is 0 Å². The van der Waals surface area contributed by atoms with E-state index in [2.05, 4.69) is 0 Å². The molecule has 3 heteroatoms. The zero-order chi connectivity index (χ0) is 10.8. The van der Waals surface area contributed by atoms with E-state index in [0.717, 1.165) is 5.30 Å². The van der Waals surface area contributed by atoms with Crippen molar-refractivity contribution in [2.24, 2.45) is 0 Å². The molecule has 0 aliphatic rings. The summed E-state index contributed by atoms with van der Waals surface area (Å²) < 4.78 is 12.6. The maximum absolute atomic E-state index is 12.6. The number of hydrogen-bond donors (Lipinski definition) is 1. The molecule has 1 aromatic rings. The summed E-state index contributed by atoms with van der Waals surface area (Å²) in [7, 11) is -2.68. The standard InChI is InChI=1S/C11H17O2P/c1-11(2,3)14(13,9-12)10-7-5-4-6-8-10/h4-8,12H,9H2,1-3H3/t14-/m0/s1. The minimum Gasteiger partial charge on any atom is -0.388 e. The predicted molar refractivity (Wildman–Crippen MR) is 60.5 cm³/mol. The fourth-order valence-electron chi connectivity index (χ4n) is 1.35. The summed E-state index contributed by atoms with van der Waals surface area (Å²) in [5.74, 6) is 0. The highest BCUT2D eigenvalue weighted by Crippen LogP contribution is 2.55. The first-order valence-corrected chi connectivity index (χ1v) is 6.56. The molecule has 14 heavy (non-hydrogen) atoms. The van der Waals surface area contributed by atoms with Crippen LogP contribution in [0.15, 0.2) is 30.3 Å². The second kappa shape index (κ2) is 3.88. The van der Waals surface area contributed by atoms with Crippen LogP contribution in [0.4, 0.5) is 0 Å². The maximum Gasteiger partial charge on any atom is 0.144 e. The van der Waals surface area contributed by atoms with Gasteiger partial charge >= 0.3 is 0 Å². The third-order valence-corrected chi connectivity index (χ3v) is 6.15. The molecule has 1 aromatic carbocycles. The zero-order valence-corrected chi connectivity index (χ0v) is 9.79. The highest BCUT2D eigenvalue weighted by Gasteiger charge is 2.37. The van der Waals surface area contributed by atoms with Gasteiger partial charge in [0.1, 0.15) is 13.5 Å². The highest BCUT2D eigenvalue weighted by molar-refractivity contribution is 7.72. The Morgan fingerprint density at radius 2 is 1.71 bits per heavy atom. The zero-order valence-electron chi connectivity index (χ0n) is 8.90. The van der Waals surface area contributed by atoms with Crippen molar-refractivity contribution in [2.75, 3.05) is 6.35 Å². The van der Waals surface area contributed by atoms with Crippen molar-refractivity contribution in [3.05, 3.63) is 30.3 Å². The molecule has 0 aromatic heterocycles. The first kappa shape index (κ1) is 11.5. The van der Waals surface area contributed by atoms with E-state index < -0.39 is 7.14 Å². The largest absolute Gasteiger partial charge is 0.388 e. The second-order valence-corrected chi connectivity index (χ2v) is 8.01.